The van der Waals surface area contributed by atoms with Crippen molar-refractivity contribution in [2.24, 2.45) is 0 Å². The first-order chi connectivity index (χ1) is 16.1. The van der Waals surface area contributed by atoms with E-state index in [1.807, 2.05) is 0 Å². The van der Waals surface area contributed by atoms with Gasteiger partial charge >= 0.3 is 0 Å². The molecule has 1 heterocycles. The van der Waals surface area contributed by atoms with E-state index < -0.39 is 0 Å². The number of nitrogens with zero attached hydrogens (tertiary/aromatic N) is 2. The molecular formula is C28H50N2O3. The van der Waals surface area contributed by atoms with Gasteiger partial charge in [-0.05, 0) is 51.9 Å². The van der Waals surface area contributed by atoms with Crippen LogP contribution < -0.4 is 9.47 Å². The third-order valence-electron chi connectivity index (χ3n) is 6.54. The summed E-state index contributed by atoms with van der Waals surface area (Å²) >= 11 is 0. The van der Waals surface area contributed by atoms with Crippen LogP contribution in [0.15, 0.2) is 24.3 Å². The first-order valence-electron chi connectivity index (χ1n) is 13.6. The summed E-state index contributed by atoms with van der Waals surface area (Å²) in [6.07, 6.45) is 14.2. The Labute approximate surface area is 203 Å². The molecular weight excluding hydrogens is 412 g/mol. The molecule has 1 aromatic carbocycles. The van der Waals surface area contributed by atoms with Gasteiger partial charge in [-0.2, -0.15) is 0 Å². The van der Waals surface area contributed by atoms with Crippen LogP contribution in [0, 0.1) is 0 Å². The molecule has 2 rings (SSSR count). The topological polar surface area (TPSA) is 34.2 Å². The molecule has 190 valence electrons. The Morgan fingerprint density at radius 1 is 0.727 bits per heavy atom. The van der Waals surface area contributed by atoms with Crippen LogP contribution >= 0.6 is 0 Å². The third kappa shape index (κ3) is 11.6. The first kappa shape index (κ1) is 27.9. The quantitative estimate of drug-likeness (QED) is 0.322. The van der Waals surface area contributed by atoms with Gasteiger partial charge in [0.25, 0.3) is 0 Å². The molecule has 2 atom stereocenters. The number of benzene rings is 1. The maximum Gasteiger partial charge on any atom is 0.152 e. The van der Waals surface area contributed by atoms with Gasteiger partial charge in [-0.3, -0.25) is 9.80 Å². The standard InChI is InChI=1S/C28H50N2O3/c1-5-7-9-11-20-29(3)27-18-14-22-31-23-15-19-28(30(4)21-12-10-8-6-2)33-26-17-13-16-25(24-26)32-27/h13,16-17,24,27-28H,5-12,14-15,18-23H2,1-4H3. The van der Waals surface area contributed by atoms with Gasteiger partial charge in [-0.25, -0.2) is 0 Å². The largest absolute Gasteiger partial charge is 0.475 e. The van der Waals surface area contributed by atoms with Crippen molar-refractivity contribution >= 4 is 0 Å². The highest BCUT2D eigenvalue weighted by molar-refractivity contribution is 5.33. The number of ether oxygens (including phenoxy) is 3. The Morgan fingerprint density at radius 3 is 1.67 bits per heavy atom. The molecule has 5 nitrogen and oxygen atoms in total. The van der Waals surface area contributed by atoms with Gasteiger partial charge in [0.2, 0.25) is 0 Å². The molecule has 1 aliphatic rings. The second-order valence-electron chi connectivity index (χ2n) is 9.60. The zero-order valence-electron chi connectivity index (χ0n) is 21.9. The van der Waals surface area contributed by atoms with Crippen LogP contribution in [0.2, 0.25) is 0 Å². The van der Waals surface area contributed by atoms with Crippen molar-refractivity contribution in [2.75, 3.05) is 40.4 Å². The molecule has 2 bridgehead atoms. The second kappa shape index (κ2) is 17.2. The molecule has 1 aliphatic heterocycles. The fraction of sp³-hybridized carbons (Fsp3) is 0.786. The highest BCUT2D eigenvalue weighted by Gasteiger charge is 2.19. The lowest BCUT2D eigenvalue weighted by molar-refractivity contribution is 0.0129. The van der Waals surface area contributed by atoms with Gasteiger partial charge in [0.15, 0.2) is 12.5 Å². The molecule has 0 fully saturated rings. The minimum Gasteiger partial charge on any atom is -0.475 e. The highest BCUT2D eigenvalue weighted by Crippen LogP contribution is 2.25. The van der Waals surface area contributed by atoms with E-state index in [0.717, 1.165) is 63.5 Å². The number of hydrogen-bond donors (Lipinski definition) is 0. The Morgan fingerprint density at radius 2 is 1.21 bits per heavy atom. The van der Waals surface area contributed by atoms with E-state index in [-0.39, 0.29) is 12.5 Å². The first-order valence-corrected chi connectivity index (χ1v) is 13.6. The molecule has 0 radical (unpaired) electrons. The molecule has 0 aliphatic carbocycles. The van der Waals surface area contributed by atoms with E-state index in [1.165, 1.54) is 51.4 Å². The van der Waals surface area contributed by atoms with Crippen LogP contribution in [-0.2, 0) is 4.74 Å². The van der Waals surface area contributed by atoms with E-state index in [1.54, 1.807) is 0 Å². The van der Waals surface area contributed by atoms with Gasteiger partial charge in [0.05, 0.1) is 0 Å². The fourth-order valence-corrected chi connectivity index (χ4v) is 4.36. The van der Waals surface area contributed by atoms with Crippen LogP contribution in [-0.4, -0.2) is 62.7 Å². The normalized spacial score (nSPS) is 20.3. The Hall–Kier alpha value is -1.30. The number of rotatable bonds is 12. The van der Waals surface area contributed by atoms with Gasteiger partial charge in [-0.1, -0.05) is 58.4 Å². The average Bonchev–Trinajstić information content (AvgIpc) is 2.82. The molecule has 33 heavy (non-hydrogen) atoms. The molecule has 0 saturated carbocycles. The van der Waals surface area contributed by atoms with Gasteiger partial charge in [0, 0.05) is 45.2 Å². The highest BCUT2D eigenvalue weighted by atomic mass is 16.5. The van der Waals surface area contributed by atoms with Crippen molar-refractivity contribution in [1.29, 1.82) is 0 Å². The summed E-state index contributed by atoms with van der Waals surface area (Å²) in [5.41, 5.74) is 0. The Bertz CT molecular complexity index is 565. The van der Waals surface area contributed by atoms with Crippen molar-refractivity contribution in [3.8, 4) is 11.5 Å². The van der Waals surface area contributed by atoms with Crippen molar-refractivity contribution < 1.29 is 14.2 Å². The van der Waals surface area contributed by atoms with E-state index in [2.05, 4.69) is 62.0 Å². The summed E-state index contributed by atoms with van der Waals surface area (Å²) in [4.78, 5) is 4.73. The molecule has 0 amide bonds. The zero-order chi connectivity index (χ0) is 23.7. The summed E-state index contributed by atoms with van der Waals surface area (Å²) in [6.45, 7) is 8.23. The Kier molecular flexibility index (Phi) is 14.5. The molecule has 0 saturated heterocycles. The van der Waals surface area contributed by atoms with E-state index in [9.17, 15) is 0 Å². The monoisotopic (exact) mass is 462 g/mol. The summed E-state index contributed by atoms with van der Waals surface area (Å²) < 4.78 is 18.9. The van der Waals surface area contributed by atoms with Crippen LogP contribution in [0.5, 0.6) is 11.5 Å². The Balaban J connectivity index is 2.04. The van der Waals surface area contributed by atoms with E-state index >= 15 is 0 Å². The lowest BCUT2D eigenvalue weighted by Crippen LogP contribution is -2.38. The average molecular weight is 463 g/mol. The fourth-order valence-electron chi connectivity index (χ4n) is 4.36. The van der Waals surface area contributed by atoms with Crippen LogP contribution in [0.25, 0.3) is 0 Å². The minimum atomic E-state index is 0.0606. The smallest absolute Gasteiger partial charge is 0.152 e. The number of fused-ring (bicyclic) bond motifs is 2. The zero-order valence-corrected chi connectivity index (χ0v) is 21.9. The molecule has 0 aromatic heterocycles. The lowest BCUT2D eigenvalue weighted by atomic mass is 10.2. The third-order valence-corrected chi connectivity index (χ3v) is 6.54. The van der Waals surface area contributed by atoms with Crippen molar-refractivity contribution in [1.82, 2.24) is 9.80 Å². The predicted molar refractivity (Wildman–Crippen MR) is 138 cm³/mol. The second-order valence-corrected chi connectivity index (χ2v) is 9.60. The molecule has 5 heteroatoms. The van der Waals surface area contributed by atoms with E-state index in [4.69, 9.17) is 14.2 Å². The SMILES string of the molecule is CCCCCCN(C)C1CCCOCCCC(N(C)CCCCCC)Oc2cccc(c2)O1. The minimum absolute atomic E-state index is 0.0606. The predicted octanol–water partition coefficient (Wildman–Crippen LogP) is 6.71. The maximum absolute atomic E-state index is 6.48. The maximum atomic E-state index is 6.48. The van der Waals surface area contributed by atoms with Crippen molar-refractivity contribution in [3.63, 3.8) is 0 Å². The molecule has 1 aromatic rings. The van der Waals surface area contributed by atoms with E-state index in [0.29, 0.717) is 0 Å². The van der Waals surface area contributed by atoms with Gasteiger partial charge < -0.3 is 14.2 Å². The van der Waals surface area contributed by atoms with Crippen LogP contribution in [0.4, 0.5) is 0 Å². The van der Waals surface area contributed by atoms with Crippen LogP contribution in [0.3, 0.4) is 0 Å². The number of unbranched alkanes of at least 4 members (excludes halogenated alkanes) is 6. The number of hydrogen-bond acceptors (Lipinski definition) is 5. The molecule has 2 unspecified atom stereocenters. The van der Waals surface area contributed by atoms with Gasteiger partial charge in [-0.15, -0.1) is 0 Å². The van der Waals surface area contributed by atoms with Crippen LogP contribution in [0.1, 0.15) is 90.9 Å². The summed E-state index contributed by atoms with van der Waals surface area (Å²) in [7, 11) is 4.37. The molecule has 0 spiro atoms. The van der Waals surface area contributed by atoms with Crippen molar-refractivity contribution in [3.05, 3.63) is 24.3 Å². The summed E-state index contributed by atoms with van der Waals surface area (Å²) in [6, 6.07) is 8.22. The van der Waals surface area contributed by atoms with Gasteiger partial charge in [0.1, 0.15) is 11.5 Å². The van der Waals surface area contributed by atoms with Crippen molar-refractivity contribution in [2.45, 2.75) is 103 Å². The summed E-state index contributed by atoms with van der Waals surface area (Å²) in [5, 5.41) is 0. The lowest BCUT2D eigenvalue weighted by Gasteiger charge is -2.31. The molecule has 0 N–H and O–H groups in total. The summed E-state index contributed by atoms with van der Waals surface area (Å²) in [5.74, 6) is 1.78.